The van der Waals surface area contributed by atoms with Crippen LogP contribution in [0.25, 0.3) is 10.9 Å². The van der Waals surface area contributed by atoms with Crippen LogP contribution in [-0.4, -0.2) is 20.9 Å². The first-order valence-corrected chi connectivity index (χ1v) is 9.42. The van der Waals surface area contributed by atoms with Crippen molar-refractivity contribution in [2.24, 2.45) is 0 Å². The molecule has 0 atom stereocenters. The standard InChI is InChI=1S/C22H17ClN4O2/c23-18-5-3-4-16(12-18)13-24-21(28)17-10-8-15(9-11-17)14-27-22(29)19-6-1-2-7-20(19)25-26-27/h1-12H,13-14H2,(H,24,28). The summed E-state index contributed by atoms with van der Waals surface area (Å²) in [4.78, 5) is 24.9. The molecule has 0 aliphatic heterocycles. The molecular weight excluding hydrogens is 388 g/mol. The van der Waals surface area contributed by atoms with Crippen molar-refractivity contribution in [2.45, 2.75) is 13.1 Å². The number of halogens is 1. The number of nitrogens with one attached hydrogen (secondary N) is 1. The SMILES string of the molecule is O=C(NCc1cccc(Cl)c1)c1ccc(Cn2nnc3ccccc3c2=O)cc1. The Morgan fingerprint density at radius 3 is 2.55 bits per heavy atom. The van der Waals surface area contributed by atoms with E-state index in [1.807, 2.05) is 24.3 Å². The summed E-state index contributed by atoms with van der Waals surface area (Å²) in [6, 6.07) is 21.5. The van der Waals surface area contributed by atoms with Crippen LogP contribution in [0.2, 0.25) is 5.02 Å². The third kappa shape index (κ3) is 4.33. The molecule has 29 heavy (non-hydrogen) atoms. The van der Waals surface area contributed by atoms with Crippen molar-refractivity contribution in [3.63, 3.8) is 0 Å². The summed E-state index contributed by atoms with van der Waals surface area (Å²) in [5.74, 6) is -0.181. The highest BCUT2D eigenvalue weighted by atomic mass is 35.5. The zero-order chi connectivity index (χ0) is 20.2. The zero-order valence-electron chi connectivity index (χ0n) is 15.4. The Hall–Kier alpha value is -3.51. The molecule has 7 heteroatoms. The van der Waals surface area contributed by atoms with Gasteiger partial charge in [-0.3, -0.25) is 9.59 Å². The van der Waals surface area contributed by atoms with Gasteiger partial charge in [-0.25, -0.2) is 4.68 Å². The molecule has 3 aromatic carbocycles. The summed E-state index contributed by atoms with van der Waals surface area (Å²) < 4.78 is 1.32. The van der Waals surface area contributed by atoms with Gasteiger partial charge in [-0.15, -0.1) is 5.10 Å². The summed E-state index contributed by atoms with van der Waals surface area (Å²) in [5.41, 5.74) is 2.69. The van der Waals surface area contributed by atoms with Crippen molar-refractivity contribution >= 4 is 28.4 Å². The molecule has 4 rings (SSSR count). The van der Waals surface area contributed by atoms with Gasteiger partial charge < -0.3 is 5.32 Å². The second kappa shape index (κ2) is 8.24. The van der Waals surface area contributed by atoms with Crippen molar-refractivity contribution in [1.29, 1.82) is 0 Å². The third-order valence-electron chi connectivity index (χ3n) is 4.52. The normalized spacial score (nSPS) is 10.8. The van der Waals surface area contributed by atoms with Crippen LogP contribution in [0.1, 0.15) is 21.5 Å². The minimum Gasteiger partial charge on any atom is -0.348 e. The zero-order valence-corrected chi connectivity index (χ0v) is 16.1. The molecule has 0 fully saturated rings. The predicted octanol–water partition coefficient (Wildman–Crippen LogP) is 3.42. The molecule has 0 saturated carbocycles. The maximum Gasteiger partial charge on any atom is 0.277 e. The van der Waals surface area contributed by atoms with Gasteiger partial charge in [0.25, 0.3) is 11.5 Å². The van der Waals surface area contributed by atoms with Crippen molar-refractivity contribution in [2.75, 3.05) is 0 Å². The van der Waals surface area contributed by atoms with Crippen LogP contribution >= 0.6 is 11.6 Å². The number of aromatic nitrogens is 3. The van der Waals surface area contributed by atoms with Crippen LogP contribution in [0.4, 0.5) is 0 Å². The highest BCUT2D eigenvalue weighted by molar-refractivity contribution is 6.30. The molecule has 6 nitrogen and oxygen atoms in total. The predicted molar refractivity (Wildman–Crippen MR) is 112 cm³/mol. The van der Waals surface area contributed by atoms with Crippen molar-refractivity contribution in [1.82, 2.24) is 20.3 Å². The lowest BCUT2D eigenvalue weighted by Crippen LogP contribution is -2.25. The number of rotatable bonds is 5. The second-order valence-corrected chi connectivity index (χ2v) is 7.02. The molecule has 0 unspecified atom stereocenters. The van der Waals surface area contributed by atoms with Gasteiger partial charge >= 0.3 is 0 Å². The van der Waals surface area contributed by atoms with E-state index in [9.17, 15) is 9.59 Å². The van der Waals surface area contributed by atoms with Crippen LogP contribution in [0, 0.1) is 0 Å². The summed E-state index contributed by atoms with van der Waals surface area (Å²) >= 11 is 5.96. The molecule has 1 N–H and O–H groups in total. The molecule has 1 aromatic heterocycles. The number of amides is 1. The molecule has 0 radical (unpaired) electrons. The fourth-order valence-corrected chi connectivity index (χ4v) is 3.21. The molecule has 4 aromatic rings. The highest BCUT2D eigenvalue weighted by Gasteiger charge is 2.08. The van der Waals surface area contributed by atoms with Gasteiger partial charge in [-0.2, -0.15) is 0 Å². The minimum atomic E-state index is -0.195. The van der Waals surface area contributed by atoms with Crippen LogP contribution in [0.3, 0.4) is 0 Å². The Bertz CT molecular complexity index is 1240. The highest BCUT2D eigenvalue weighted by Crippen LogP contribution is 2.11. The number of nitrogens with zero attached hydrogens (tertiary/aromatic N) is 3. The maximum atomic E-state index is 12.5. The first-order valence-electron chi connectivity index (χ1n) is 9.04. The molecule has 0 aliphatic carbocycles. The lowest BCUT2D eigenvalue weighted by Gasteiger charge is -2.08. The average Bonchev–Trinajstić information content (AvgIpc) is 2.75. The number of benzene rings is 3. The molecule has 144 valence electrons. The molecule has 0 aliphatic rings. The van der Waals surface area contributed by atoms with Gasteiger partial charge in [-0.1, -0.05) is 53.2 Å². The molecule has 0 saturated heterocycles. The Morgan fingerprint density at radius 2 is 1.76 bits per heavy atom. The van der Waals surface area contributed by atoms with Gasteiger partial charge in [0.05, 0.1) is 11.9 Å². The fraction of sp³-hybridized carbons (Fsp3) is 0.0909. The van der Waals surface area contributed by atoms with Gasteiger partial charge in [0.15, 0.2) is 0 Å². The molecular formula is C22H17ClN4O2. The largest absolute Gasteiger partial charge is 0.348 e. The topological polar surface area (TPSA) is 76.9 Å². The van der Waals surface area contributed by atoms with E-state index in [0.29, 0.717) is 28.0 Å². The van der Waals surface area contributed by atoms with Gasteiger partial charge in [0.1, 0.15) is 5.52 Å². The van der Waals surface area contributed by atoms with E-state index in [0.717, 1.165) is 11.1 Å². The van der Waals surface area contributed by atoms with Crippen LogP contribution < -0.4 is 10.9 Å². The first kappa shape index (κ1) is 18.8. The Kier molecular flexibility index (Phi) is 5.35. The molecule has 0 bridgehead atoms. The summed E-state index contributed by atoms with van der Waals surface area (Å²) in [6.07, 6.45) is 0. The quantitative estimate of drug-likeness (QED) is 0.553. The Labute approximate surface area is 171 Å². The summed E-state index contributed by atoms with van der Waals surface area (Å²) in [6.45, 7) is 0.671. The van der Waals surface area contributed by atoms with Crippen LogP contribution in [0.5, 0.6) is 0 Å². The van der Waals surface area contributed by atoms with Gasteiger partial charge in [0.2, 0.25) is 0 Å². The Morgan fingerprint density at radius 1 is 0.966 bits per heavy atom. The lowest BCUT2D eigenvalue weighted by atomic mass is 10.1. The van der Waals surface area contributed by atoms with Crippen molar-refractivity contribution in [3.05, 3.63) is 105 Å². The second-order valence-electron chi connectivity index (χ2n) is 6.58. The van der Waals surface area contributed by atoms with E-state index in [1.54, 1.807) is 48.5 Å². The van der Waals surface area contributed by atoms with E-state index in [-0.39, 0.29) is 18.0 Å². The summed E-state index contributed by atoms with van der Waals surface area (Å²) in [5, 5.41) is 12.1. The lowest BCUT2D eigenvalue weighted by molar-refractivity contribution is 0.0951. The maximum absolute atomic E-state index is 12.5. The van der Waals surface area contributed by atoms with E-state index in [4.69, 9.17) is 11.6 Å². The number of carbonyl (C=O) groups excluding carboxylic acids is 1. The number of carbonyl (C=O) groups is 1. The monoisotopic (exact) mass is 404 g/mol. The third-order valence-corrected chi connectivity index (χ3v) is 4.75. The molecule has 1 amide bonds. The molecule has 0 spiro atoms. The average molecular weight is 405 g/mol. The van der Waals surface area contributed by atoms with Crippen molar-refractivity contribution in [3.8, 4) is 0 Å². The van der Waals surface area contributed by atoms with Gasteiger partial charge in [-0.05, 0) is 47.5 Å². The number of hydrogen-bond donors (Lipinski definition) is 1. The Balaban J connectivity index is 1.44. The van der Waals surface area contributed by atoms with Crippen LogP contribution in [0.15, 0.2) is 77.6 Å². The van der Waals surface area contributed by atoms with E-state index >= 15 is 0 Å². The van der Waals surface area contributed by atoms with E-state index in [1.165, 1.54) is 4.68 Å². The molecule has 1 heterocycles. The van der Waals surface area contributed by atoms with Crippen molar-refractivity contribution < 1.29 is 4.79 Å². The first-order chi connectivity index (χ1) is 14.1. The van der Waals surface area contributed by atoms with Gasteiger partial charge in [0, 0.05) is 17.1 Å². The van der Waals surface area contributed by atoms with Crippen LogP contribution in [-0.2, 0) is 13.1 Å². The fourth-order valence-electron chi connectivity index (χ4n) is 2.99. The minimum absolute atomic E-state index is 0.181. The smallest absolute Gasteiger partial charge is 0.277 e. The van der Waals surface area contributed by atoms with E-state index < -0.39 is 0 Å². The number of fused-ring (bicyclic) bond motifs is 1. The summed E-state index contributed by atoms with van der Waals surface area (Å²) in [7, 11) is 0. The number of hydrogen-bond acceptors (Lipinski definition) is 4. The van der Waals surface area contributed by atoms with E-state index in [2.05, 4.69) is 15.6 Å².